The molecule has 1 aromatic carbocycles. The van der Waals surface area contributed by atoms with Crippen molar-refractivity contribution < 1.29 is 9.59 Å². The van der Waals surface area contributed by atoms with Crippen LogP contribution in [0.2, 0.25) is 10.0 Å². The lowest BCUT2D eigenvalue weighted by atomic mass is 9.88. The Morgan fingerprint density at radius 3 is 2.15 bits per heavy atom. The van der Waals surface area contributed by atoms with Gasteiger partial charge in [0.2, 0.25) is 5.91 Å². The molecular formula is C29H41Cl2N5O2S. The molecule has 0 aliphatic heterocycles. The molecule has 0 unspecified atom stereocenters. The second-order valence-corrected chi connectivity index (χ2v) is 12.8. The second-order valence-electron chi connectivity index (χ2n) is 11.1. The fraction of sp³-hybridized carbons (Fsp3) is 0.655. The molecule has 2 aliphatic carbocycles. The van der Waals surface area contributed by atoms with Gasteiger partial charge in [-0.3, -0.25) is 9.59 Å². The van der Waals surface area contributed by atoms with Gasteiger partial charge in [-0.2, -0.15) is 0 Å². The van der Waals surface area contributed by atoms with E-state index in [1.165, 1.54) is 50.3 Å². The molecule has 2 fully saturated rings. The number of carbonyl (C=O) groups is 2. The van der Waals surface area contributed by atoms with Gasteiger partial charge in [0.25, 0.3) is 5.91 Å². The van der Waals surface area contributed by atoms with Crippen LogP contribution in [0.25, 0.3) is 0 Å². The Labute approximate surface area is 246 Å². The third kappa shape index (κ3) is 7.50. The van der Waals surface area contributed by atoms with Crippen LogP contribution in [0.4, 0.5) is 0 Å². The minimum Gasteiger partial charge on any atom is -0.342 e. The van der Waals surface area contributed by atoms with Crippen LogP contribution in [0.3, 0.4) is 0 Å². The summed E-state index contributed by atoms with van der Waals surface area (Å²) in [6.07, 6.45) is 11.9. The minimum atomic E-state index is -0.356. The topological polar surface area (TPSA) is 80.1 Å². The first-order valence-electron chi connectivity index (χ1n) is 14.4. The largest absolute Gasteiger partial charge is 0.342 e. The lowest BCUT2D eigenvalue weighted by Gasteiger charge is -2.41. The highest BCUT2D eigenvalue weighted by Gasteiger charge is 2.33. The van der Waals surface area contributed by atoms with Gasteiger partial charge < -0.3 is 14.8 Å². The summed E-state index contributed by atoms with van der Waals surface area (Å²) in [5.74, 6) is 1.08. The van der Waals surface area contributed by atoms with Crippen molar-refractivity contribution in [2.75, 3.05) is 5.75 Å². The van der Waals surface area contributed by atoms with Gasteiger partial charge in [-0.05, 0) is 56.7 Å². The van der Waals surface area contributed by atoms with Crippen molar-refractivity contribution in [3.05, 3.63) is 39.6 Å². The van der Waals surface area contributed by atoms with Crippen molar-refractivity contribution in [2.24, 2.45) is 5.92 Å². The lowest BCUT2D eigenvalue weighted by molar-refractivity contribution is -0.135. The van der Waals surface area contributed by atoms with Crippen LogP contribution in [-0.4, -0.2) is 49.3 Å². The summed E-state index contributed by atoms with van der Waals surface area (Å²) in [5, 5.41) is 13.5. The molecule has 1 atom stereocenters. The first kappa shape index (κ1) is 30.2. The Morgan fingerprint density at radius 1 is 1.00 bits per heavy atom. The maximum absolute atomic E-state index is 13.7. The zero-order chi connectivity index (χ0) is 27.9. The molecule has 1 N–H and O–H groups in total. The Balaban J connectivity index is 1.48. The highest BCUT2D eigenvalue weighted by Crippen LogP contribution is 2.32. The molecule has 7 nitrogen and oxygen atoms in total. The quantitative estimate of drug-likeness (QED) is 0.292. The Morgan fingerprint density at radius 2 is 1.62 bits per heavy atom. The molecule has 39 heavy (non-hydrogen) atoms. The molecule has 10 heteroatoms. The van der Waals surface area contributed by atoms with E-state index in [2.05, 4.69) is 20.4 Å². The fourth-order valence-corrected chi connectivity index (χ4v) is 7.13. The smallest absolute Gasteiger partial charge is 0.251 e. The monoisotopic (exact) mass is 593 g/mol. The van der Waals surface area contributed by atoms with Crippen molar-refractivity contribution in [3.63, 3.8) is 0 Å². The summed E-state index contributed by atoms with van der Waals surface area (Å²) in [4.78, 5) is 29.0. The van der Waals surface area contributed by atoms with E-state index in [9.17, 15) is 9.59 Å². The van der Waals surface area contributed by atoms with Gasteiger partial charge in [-0.15, -0.1) is 10.2 Å². The first-order valence-corrected chi connectivity index (χ1v) is 16.2. The molecule has 4 rings (SSSR count). The van der Waals surface area contributed by atoms with Gasteiger partial charge in [0.05, 0.1) is 21.8 Å². The summed E-state index contributed by atoms with van der Waals surface area (Å²) in [6.45, 7) is 6.75. The minimum absolute atomic E-state index is 0.0683. The summed E-state index contributed by atoms with van der Waals surface area (Å²) >= 11 is 13.6. The molecule has 1 heterocycles. The van der Waals surface area contributed by atoms with Gasteiger partial charge >= 0.3 is 0 Å². The summed E-state index contributed by atoms with van der Waals surface area (Å²) in [5.41, 5.74) is 0.434. The average Bonchev–Trinajstić information content (AvgIpc) is 3.35. The van der Waals surface area contributed by atoms with E-state index in [4.69, 9.17) is 23.2 Å². The van der Waals surface area contributed by atoms with Crippen molar-refractivity contribution in [1.29, 1.82) is 0 Å². The number of aromatic nitrogens is 3. The van der Waals surface area contributed by atoms with E-state index >= 15 is 0 Å². The van der Waals surface area contributed by atoms with Crippen molar-refractivity contribution in [2.45, 2.75) is 115 Å². The third-order valence-electron chi connectivity index (χ3n) is 8.02. The third-order valence-corrected chi connectivity index (χ3v) is 9.71. The van der Waals surface area contributed by atoms with Gasteiger partial charge in [0.1, 0.15) is 0 Å². The van der Waals surface area contributed by atoms with Crippen LogP contribution in [0.1, 0.15) is 107 Å². The highest BCUT2D eigenvalue weighted by molar-refractivity contribution is 7.99. The van der Waals surface area contributed by atoms with Crippen molar-refractivity contribution >= 4 is 46.8 Å². The molecule has 1 aromatic heterocycles. The Kier molecular flexibility index (Phi) is 11.0. The standard InChI is InChI=1S/C29H41Cl2N5O2S/c1-4-35-27(26(19(2)3)32-28(38)20-15-16-23(30)24(31)17-20)33-34-29(35)39-18-25(37)36(21-11-7-5-8-12-21)22-13-9-6-10-14-22/h15-17,19,21-22,26H,4-14,18H2,1-3H3,(H,32,38)/t26-/m1/s1. The Hall–Kier alpha value is -1.77. The normalized spacial score (nSPS) is 17.8. The van der Waals surface area contributed by atoms with Gasteiger partial charge in [0.15, 0.2) is 11.0 Å². The number of carbonyl (C=O) groups excluding carboxylic acids is 2. The first-order chi connectivity index (χ1) is 18.8. The SMILES string of the molecule is CCn1c(SCC(=O)N(C2CCCCC2)C2CCCCC2)nnc1[C@H](NC(=O)c1ccc(Cl)c(Cl)c1)C(C)C. The number of thioether (sulfide) groups is 1. The van der Waals surface area contributed by atoms with E-state index < -0.39 is 0 Å². The maximum Gasteiger partial charge on any atom is 0.251 e. The van der Waals surface area contributed by atoms with Crippen molar-refractivity contribution in [3.8, 4) is 0 Å². The van der Waals surface area contributed by atoms with Crippen molar-refractivity contribution in [1.82, 2.24) is 25.0 Å². The maximum atomic E-state index is 13.7. The molecule has 0 saturated heterocycles. The number of rotatable bonds is 10. The number of amides is 2. The Bertz CT molecular complexity index is 1110. The van der Waals surface area contributed by atoms with Crippen LogP contribution in [0, 0.1) is 5.92 Å². The van der Waals surface area contributed by atoms with Gasteiger partial charge in [-0.1, -0.05) is 87.3 Å². The van der Waals surface area contributed by atoms with Crippen LogP contribution >= 0.6 is 35.0 Å². The van der Waals surface area contributed by atoms with Gasteiger partial charge in [0, 0.05) is 24.2 Å². The van der Waals surface area contributed by atoms with E-state index in [1.54, 1.807) is 18.2 Å². The van der Waals surface area contributed by atoms with Crippen LogP contribution in [0.5, 0.6) is 0 Å². The summed E-state index contributed by atoms with van der Waals surface area (Å²) in [7, 11) is 0. The van der Waals surface area contributed by atoms with Crippen LogP contribution < -0.4 is 5.32 Å². The molecule has 2 aliphatic rings. The predicted octanol–water partition coefficient (Wildman–Crippen LogP) is 7.32. The number of nitrogens with one attached hydrogen (secondary N) is 1. The number of halogens is 2. The summed E-state index contributed by atoms with van der Waals surface area (Å²) < 4.78 is 2.02. The molecule has 2 aromatic rings. The number of hydrogen-bond donors (Lipinski definition) is 1. The highest BCUT2D eigenvalue weighted by atomic mass is 35.5. The molecule has 0 bridgehead atoms. The zero-order valence-electron chi connectivity index (χ0n) is 23.3. The molecule has 2 amide bonds. The van der Waals surface area contributed by atoms with E-state index in [0.717, 1.165) is 25.7 Å². The predicted molar refractivity (Wildman–Crippen MR) is 159 cm³/mol. The second kappa shape index (κ2) is 14.2. The van der Waals surface area contributed by atoms with E-state index in [1.807, 2.05) is 25.3 Å². The zero-order valence-corrected chi connectivity index (χ0v) is 25.6. The van der Waals surface area contributed by atoms with Crippen LogP contribution in [0.15, 0.2) is 23.4 Å². The van der Waals surface area contributed by atoms with E-state index in [0.29, 0.717) is 51.0 Å². The average molecular weight is 595 g/mol. The number of benzene rings is 1. The molecule has 0 radical (unpaired) electrons. The molecular weight excluding hydrogens is 553 g/mol. The molecule has 214 valence electrons. The van der Waals surface area contributed by atoms with E-state index in [-0.39, 0.29) is 23.8 Å². The number of hydrogen-bond acceptors (Lipinski definition) is 5. The fourth-order valence-electron chi connectivity index (χ4n) is 5.95. The van der Waals surface area contributed by atoms with Crippen LogP contribution in [-0.2, 0) is 11.3 Å². The molecule has 2 saturated carbocycles. The summed E-state index contributed by atoms with van der Waals surface area (Å²) in [6, 6.07) is 5.23. The molecule has 0 spiro atoms. The number of nitrogens with zero attached hydrogens (tertiary/aromatic N) is 4. The van der Waals surface area contributed by atoms with Gasteiger partial charge in [-0.25, -0.2) is 0 Å². The lowest BCUT2D eigenvalue weighted by Crippen LogP contribution is -2.49.